The summed E-state index contributed by atoms with van der Waals surface area (Å²) in [5.74, 6) is 0. The molecule has 0 bridgehead atoms. The lowest BCUT2D eigenvalue weighted by atomic mass is 9.97. The van der Waals surface area contributed by atoms with Crippen LogP contribution in [0.25, 0.3) is 82.1 Å². The summed E-state index contributed by atoms with van der Waals surface area (Å²) in [5, 5.41) is 10.0. The molecule has 0 atom stereocenters. The van der Waals surface area contributed by atoms with Gasteiger partial charge in [0, 0.05) is 33.5 Å². The largest absolute Gasteiger partial charge is 0.310 e. The number of anilines is 3. The highest BCUT2D eigenvalue weighted by molar-refractivity contribution is 6.16. The van der Waals surface area contributed by atoms with Crippen LogP contribution in [0.4, 0.5) is 17.1 Å². The molecule has 2 nitrogen and oxygen atoms in total. The van der Waals surface area contributed by atoms with Crippen molar-refractivity contribution in [3.63, 3.8) is 0 Å². The highest BCUT2D eigenvalue weighted by Crippen LogP contribution is 2.42. The third kappa shape index (κ3) is 5.34. The average molecular weight is 713 g/mol. The fourth-order valence-corrected chi connectivity index (χ4v) is 8.69. The molecule has 11 rings (SSSR count). The lowest BCUT2D eigenvalue weighted by molar-refractivity contribution is 1.18. The molecule has 1 aromatic heterocycles. The molecule has 0 amide bonds. The van der Waals surface area contributed by atoms with E-state index in [0.29, 0.717) is 0 Å². The predicted octanol–water partition coefficient (Wildman–Crippen LogP) is 15.0. The van der Waals surface area contributed by atoms with Crippen molar-refractivity contribution in [2.75, 3.05) is 4.90 Å². The minimum atomic E-state index is 1.10. The maximum absolute atomic E-state index is 2.39. The number of rotatable bonds is 6. The van der Waals surface area contributed by atoms with Crippen molar-refractivity contribution in [2.24, 2.45) is 0 Å². The molecule has 56 heavy (non-hydrogen) atoms. The van der Waals surface area contributed by atoms with Gasteiger partial charge in [0.15, 0.2) is 0 Å². The number of hydrogen-bond acceptors (Lipinski definition) is 1. The van der Waals surface area contributed by atoms with Gasteiger partial charge in [0.2, 0.25) is 0 Å². The van der Waals surface area contributed by atoms with Crippen molar-refractivity contribution in [1.82, 2.24) is 4.57 Å². The van der Waals surface area contributed by atoms with Gasteiger partial charge in [-0.3, -0.25) is 0 Å². The van der Waals surface area contributed by atoms with E-state index >= 15 is 0 Å². The molecular formula is C54H36N2. The van der Waals surface area contributed by atoms with E-state index < -0.39 is 0 Å². The number of para-hydroxylation sites is 2. The summed E-state index contributed by atoms with van der Waals surface area (Å²) in [7, 11) is 0. The van der Waals surface area contributed by atoms with E-state index in [1.165, 1.54) is 76.4 Å². The van der Waals surface area contributed by atoms with Gasteiger partial charge < -0.3 is 9.47 Å². The average Bonchev–Trinajstić information content (AvgIpc) is 3.61. The van der Waals surface area contributed by atoms with Crippen molar-refractivity contribution in [2.45, 2.75) is 0 Å². The van der Waals surface area contributed by atoms with Gasteiger partial charge in [-0.2, -0.15) is 0 Å². The number of benzene rings is 10. The van der Waals surface area contributed by atoms with Crippen molar-refractivity contribution in [3.05, 3.63) is 218 Å². The van der Waals surface area contributed by atoms with Crippen LogP contribution in [0.15, 0.2) is 218 Å². The maximum Gasteiger partial charge on any atom is 0.0547 e. The molecule has 0 fully saturated rings. The summed E-state index contributed by atoms with van der Waals surface area (Å²) in [5.41, 5.74) is 11.7. The first-order valence-electron chi connectivity index (χ1n) is 19.3. The number of aromatic nitrogens is 1. The molecule has 0 saturated carbocycles. The lowest BCUT2D eigenvalue weighted by Crippen LogP contribution is -2.10. The minimum Gasteiger partial charge on any atom is -0.310 e. The van der Waals surface area contributed by atoms with E-state index in [9.17, 15) is 0 Å². The highest BCUT2D eigenvalue weighted by atomic mass is 15.1. The van der Waals surface area contributed by atoms with Gasteiger partial charge in [-0.05, 0) is 121 Å². The second-order valence-electron chi connectivity index (χ2n) is 14.6. The fourth-order valence-electron chi connectivity index (χ4n) is 8.69. The van der Waals surface area contributed by atoms with Crippen LogP contribution in [0, 0.1) is 0 Å². The molecule has 0 unspecified atom stereocenters. The Hall–Kier alpha value is -7.42. The Kier molecular flexibility index (Phi) is 7.53. The van der Waals surface area contributed by atoms with Gasteiger partial charge in [0.05, 0.1) is 11.0 Å². The van der Waals surface area contributed by atoms with E-state index in [-0.39, 0.29) is 0 Å². The zero-order valence-corrected chi connectivity index (χ0v) is 30.7. The van der Waals surface area contributed by atoms with Crippen LogP contribution in [-0.4, -0.2) is 4.57 Å². The Bertz CT molecular complexity index is 3250. The van der Waals surface area contributed by atoms with Gasteiger partial charge in [-0.25, -0.2) is 0 Å². The number of nitrogens with zero attached hydrogens (tertiary/aromatic N) is 2. The Balaban J connectivity index is 1.05. The third-order valence-electron chi connectivity index (χ3n) is 11.3. The third-order valence-corrected chi connectivity index (χ3v) is 11.3. The first-order chi connectivity index (χ1) is 27.8. The molecule has 262 valence electrons. The van der Waals surface area contributed by atoms with Gasteiger partial charge in [0.1, 0.15) is 0 Å². The number of hydrogen-bond donors (Lipinski definition) is 0. The van der Waals surface area contributed by atoms with Crippen LogP contribution < -0.4 is 4.90 Å². The van der Waals surface area contributed by atoms with Crippen LogP contribution in [0.1, 0.15) is 0 Å². The Morgan fingerprint density at radius 2 is 0.929 bits per heavy atom. The molecule has 0 N–H and O–H groups in total. The molecule has 0 spiro atoms. The normalized spacial score (nSPS) is 11.6. The molecule has 0 saturated heterocycles. The standard InChI is InChI=1S/C54H36N2/c1-2-16-44(17-3-1)56-52-22-9-8-20-51(52)54-50(21-11-23-53(54)56)42-15-10-18-46(36-42)55(47-32-28-37-12-4-5-14-40(37)35-47)45-30-26-38(27-31-45)41-29-33-49-43(34-41)25-24-39-13-6-7-19-48(39)49/h1-36H. The molecule has 11 aromatic rings. The lowest BCUT2D eigenvalue weighted by Gasteiger charge is -2.26. The highest BCUT2D eigenvalue weighted by Gasteiger charge is 2.18. The summed E-state index contributed by atoms with van der Waals surface area (Å²) in [6.07, 6.45) is 0. The second-order valence-corrected chi connectivity index (χ2v) is 14.6. The first kappa shape index (κ1) is 32.0. The number of fused-ring (bicyclic) bond motifs is 7. The first-order valence-corrected chi connectivity index (χ1v) is 19.3. The Labute approximate surface area is 325 Å². The minimum absolute atomic E-state index is 1.10. The predicted molar refractivity (Wildman–Crippen MR) is 239 cm³/mol. The molecule has 10 aromatic carbocycles. The van der Waals surface area contributed by atoms with Gasteiger partial charge >= 0.3 is 0 Å². The molecular weight excluding hydrogens is 677 g/mol. The Morgan fingerprint density at radius 1 is 0.304 bits per heavy atom. The summed E-state index contributed by atoms with van der Waals surface area (Å²) in [4.78, 5) is 2.39. The Morgan fingerprint density at radius 3 is 1.80 bits per heavy atom. The van der Waals surface area contributed by atoms with Crippen LogP contribution in [0.3, 0.4) is 0 Å². The molecule has 0 radical (unpaired) electrons. The van der Waals surface area contributed by atoms with E-state index in [1.807, 2.05) is 0 Å². The van der Waals surface area contributed by atoms with E-state index in [2.05, 4.69) is 228 Å². The van der Waals surface area contributed by atoms with Crippen molar-refractivity contribution >= 4 is 71.2 Å². The molecule has 0 aliphatic rings. The monoisotopic (exact) mass is 712 g/mol. The van der Waals surface area contributed by atoms with E-state index in [0.717, 1.165) is 22.7 Å². The second kappa shape index (κ2) is 13.2. The van der Waals surface area contributed by atoms with Crippen LogP contribution in [-0.2, 0) is 0 Å². The molecule has 1 heterocycles. The summed E-state index contributed by atoms with van der Waals surface area (Å²) >= 11 is 0. The molecule has 0 aliphatic carbocycles. The van der Waals surface area contributed by atoms with Gasteiger partial charge in [-0.15, -0.1) is 0 Å². The van der Waals surface area contributed by atoms with E-state index in [4.69, 9.17) is 0 Å². The van der Waals surface area contributed by atoms with Crippen LogP contribution in [0.5, 0.6) is 0 Å². The van der Waals surface area contributed by atoms with Crippen molar-refractivity contribution in [3.8, 4) is 27.9 Å². The molecule has 2 heteroatoms. The molecule has 0 aliphatic heterocycles. The van der Waals surface area contributed by atoms with Crippen LogP contribution in [0.2, 0.25) is 0 Å². The van der Waals surface area contributed by atoms with Crippen molar-refractivity contribution < 1.29 is 0 Å². The summed E-state index contributed by atoms with van der Waals surface area (Å²) in [6.45, 7) is 0. The SMILES string of the molecule is c1ccc(-n2c3ccccc3c3c(-c4cccc(N(c5ccc(-c6ccc7c(ccc8ccccc87)c6)cc5)c5ccc6ccccc6c5)c4)cccc32)cc1. The quantitative estimate of drug-likeness (QED) is 0.156. The van der Waals surface area contributed by atoms with Gasteiger partial charge in [-0.1, -0.05) is 152 Å². The van der Waals surface area contributed by atoms with Crippen molar-refractivity contribution in [1.29, 1.82) is 0 Å². The smallest absolute Gasteiger partial charge is 0.0547 e. The van der Waals surface area contributed by atoms with E-state index in [1.54, 1.807) is 0 Å². The zero-order valence-electron chi connectivity index (χ0n) is 30.7. The van der Waals surface area contributed by atoms with Gasteiger partial charge in [0.25, 0.3) is 0 Å². The summed E-state index contributed by atoms with van der Waals surface area (Å²) < 4.78 is 2.39. The fraction of sp³-hybridized carbons (Fsp3) is 0. The van der Waals surface area contributed by atoms with Crippen LogP contribution >= 0.6 is 0 Å². The topological polar surface area (TPSA) is 8.17 Å². The maximum atomic E-state index is 2.39. The zero-order chi connectivity index (χ0) is 37.0. The summed E-state index contributed by atoms with van der Waals surface area (Å²) in [6, 6.07) is 79.5.